The third-order valence-electron chi connectivity index (χ3n) is 3.24. The molecule has 0 bridgehead atoms. The lowest BCUT2D eigenvalue weighted by Crippen LogP contribution is -2.27. The van der Waals surface area contributed by atoms with Gasteiger partial charge in [0.15, 0.2) is 5.58 Å². The third-order valence-corrected chi connectivity index (χ3v) is 3.24. The topological polar surface area (TPSA) is 61.4 Å². The Labute approximate surface area is 110 Å². The summed E-state index contributed by atoms with van der Waals surface area (Å²) in [7, 11) is 3.04. The first-order chi connectivity index (χ1) is 8.85. The van der Waals surface area contributed by atoms with Crippen molar-refractivity contribution in [3.05, 3.63) is 34.3 Å². The molecule has 0 radical (unpaired) electrons. The van der Waals surface area contributed by atoms with Crippen LogP contribution in [0, 0.1) is 5.41 Å². The van der Waals surface area contributed by atoms with Crippen LogP contribution in [-0.2, 0) is 23.0 Å². The van der Waals surface area contributed by atoms with Gasteiger partial charge in [-0.1, -0.05) is 6.07 Å². The molecule has 0 aliphatic rings. The Bertz CT molecular complexity index is 678. The van der Waals surface area contributed by atoms with Crippen molar-refractivity contribution in [3.63, 3.8) is 0 Å². The summed E-state index contributed by atoms with van der Waals surface area (Å²) in [6.45, 7) is 3.66. The van der Waals surface area contributed by atoms with E-state index in [0.29, 0.717) is 12.0 Å². The van der Waals surface area contributed by atoms with E-state index in [-0.39, 0.29) is 11.7 Å². The maximum absolute atomic E-state index is 11.7. The average molecular weight is 263 g/mol. The van der Waals surface area contributed by atoms with Crippen LogP contribution in [0.4, 0.5) is 0 Å². The molecule has 0 spiro atoms. The van der Waals surface area contributed by atoms with Crippen molar-refractivity contribution in [2.75, 3.05) is 7.11 Å². The Hall–Kier alpha value is -2.04. The SMILES string of the molecule is COC(=O)C(C)(C)Cc1ccc2oc(=O)n(C)c2c1. The number of hydrogen-bond acceptors (Lipinski definition) is 4. The number of nitrogens with zero attached hydrogens (tertiary/aromatic N) is 1. The van der Waals surface area contributed by atoms with Gasteiger partial charge >= 0.3 is 11.7 Å². The van der Waals surface area contributed by atoms with Gasteiger partial charge in [0, 0.05) is 7.05 Å². The van der Waals surface area contributed by atoms with Gasteiger partial charge in [-0.05, 0) is 38.0 Å². The first-order valence-electron chi connectivity index (χ1n) is 6.02. The van der Waals surface area contributed by atoms with Crippen molar-refractivity contribution < 1.29 is 13.9 Å². The summed E-state index contributed by atoms with van der Waals surface area (Å²) in [6.07, 6.45) is 0.537. The molecule has 1 aromatic heterocycles. The number of esters is 1. The minimum atomic E-state index is -0.606. The van der Waals surface area contributed by atoms with Crippen LogP contribution < -0.4 is 5.76 Å². The highest BCUT2D eigenvalue weighted by Crippen LogP contribution is 2.25. The normalized spacial score (nSPS) is 11.8. The molecule has 102 valence electrons. The average Bonchev–Trinajstić information content (AvgIpc) is 2.64. The molecule has 0 amide bonds. The van der Waals surface area contributed by atoms with E-state index in [4.69, 9.17) is 9.15 Å². The molecule has 0 aliphatic heterocycles. The van der Waals surface area contributed by atoms with Gasteiger partial charge in [-0.15, -0.1) is 0 Å². The van der Waals surface area contributed by atoms with Crippen molar-refractivity contribution >= 4 is 17.1 Å². The van der Waals surface area contributed by atoms with Gasteiger partial charge in [0.05, 0.1) is 18.0 Å². The van der Waals surface area contributed by atoms with Gasteiger partial charge in [-0.25, -0.2) is 4.79 Å². The van der Waals surface area contributed by atoms with E-state index >= 15 is 0 Å². The minimum absolute atomic E-state index is 0.256. The van der Waals surface area contributed by atoms with Crippen molar-refractivity contribution in [2.45, 2.75) is 20.3 Å². The molecule has 1 aromatic carbocycles. The van der Waals surface area contributed by atoms with E-state index in [1.807, 2.05) is 26.0 Å². The largest absolute Gasteiger partial charge is 0.469 e. The smallest absolute Gasteiger partial charge is 0.419 e. The van der Waals surface area contributed by atoms with Crippen LogP contribution >= 0.6 is 0 Å². The lowest BCUT2D eigenvalue weighted by molar-refractivity contribution is -0.150. The van der Waals surface area contributed by atoms with Gasteiger partial charge in [-0.3, -0.25) is 9.36 Å². The third kappa shape index (κ3) is 2.41. The van der Waals surface area contributed by atoms with Gasteiger partial charge in [-0.2, -0.15) is 0 Å². The number of benzene rings is 1. The summed E-state index contributed by atoms with van der Waals surface area (Å²) in [5.74, 6) is -0.645. The van der Waals surface area contributed by atoms with Crippen LogP contribution in [0.5, 0.6) is 0 Å². The molecule has 0 saturated carbocycles. The van der Waals surface area contributed by atoms with E-state index in [0.717, 1.165) is 11.1 Å². The number of fused-ring (bicyclic) bond motifs is 1. The van der Waals surface area contributed by atoms with Crippen LogP contribution in [0.1, 0.15) is 19.4 Å². The number of methoxy groups -OCH3 is 1. The molecule has 0 atom stereocenters. The molecule has 5 nitrogen and oxygen atoms in total. The fourth-order valence-corrected chi connectivity index (χ4v) is 2.14. The molecule has 19 heavy (non-hydrogen) atoms. The number of aryl methyl sites for hydroxylation is 1. The second kappa shape index (κ2) is 4.57. The molecule has 5 heteroatoms. The van der Waals surface area contributed by atoms with E-state index in [2.05, 4.69) is 0 Å². The summed E-state index contributed by atoms with van der Waals surface area (Å²) in [6, 6.07) is 5.47. The minimum Gasteiger partial charge on any atom is -0.469 e. The zero-order chi connectivity index (χ0) is 14.2. The Kier molecular flexibility index (Phi) is 3.22. The van der Waals surface area contributed by atoms with E-state index in [9.17, 15) is 9.59 Å². The maximum Gasteiger partial charge on any atom is 0.419 e. The lowest BCUT2D eigenvalue weighted by atomic mass is 9.86. The molecule has 1 heterocycles. The number of carbonyl (C=O) groups is 1. The predicted octanol–water partition coefficient (Wildman–Crippen LogP) is 1.87. The summed E-state index contributed by atoms with van der Waals surface area (Å²) in [5.41, 5.74) is 1.62. The predicted molar refractivity (Wildman–Crippen MR) is 71.0 cm³/mol. The molecule has 0 saturated heterocycles. The fourth-order valence-electron chi connectivity index (χ4n) is 2.14. The highest BCUT2D eigenvalue weighted by Gasteiger charge is 2.29. The van der Waals surface area contributed by atoms with Gasteiger partial charge in [0.1, 0.15) is 0 Å². The van der Waals surface area contributed by atoms with Crippen molar-refractivity contribution in [3.8, 4) is 0 Å². The molecule has 0 N–H and O–H groups in total. The molecule has 2 aromatic rings. The quantitative estimate of drug-likeness (QED) is 0.793. The number of ether oxygens (including phenoxy) is 1. The van der Waals surface area contributed by atoms with Gasteiger partial charge in [0.2, 0.25) is 0 Å². The van der Waals surface area contributed by atoms with Crippen LogP contribution in [-0.4, -0.2) is 17.6 Å². The first-order valence-corrected chi connectivity index (χ1v) is 6.02. The lowest BCUT2D eigenvalue weighted by Gasteiger charge is -2.21. The highest BCUT2D eigenvalue weighted by atomic mass is 16.5. The second-order valence-corrected chi connectivity index (χ2v) is 5.28. The number of rotatable bonds is 3. The van der Waals surface area contributed by atoms with E-state index in [1.165, 1.54) is 11.7 Å². The maximum atomic E-state index is 11.7. The number of aromatic nitrogens is 1. The van der Waals surface area contributed by atoms with Crippen molar-refractivity contribution in [2.24, 2.45) is 12.5 Å². The van der Waals surface area contributed by atoms with E-state index < -0.39 is 5.41 Å². The Morgan fingerprint density at radius 3 is 2.74 bits per heavy atom. The zero-order valence-corrected chi connectivity index (χ0v) is 11.5. The molecule has 0 unspecified atom stereocenters. The molecular formula is C14H17NO4. The van der Waals surface area contributed by atoms with Crippen LogP contribution in [0.25, 0.3) is 11.1 Å². The first kappa shape index (κ1) is 13.4. The summed E-state index contributed by atoms with van der Waals surface area (Å²) in [5, 5.41) is 0. The Morgan fingerprint density at radius 1 is 1.42 bits per heavy atom. The van der Waals surface area contributed by atoms with Crippen molar-refractivity contribution in [1.82, 2.24) is 4.57 Å². The molecule has 0 aliphatic carbocycles. The van der Waals surface area contributed by atoms with Crippen LogP contribution in [0.15, 0.2) is 27.4 Å². The monoisotopic (exact) mass is 263 g/mol. The zero-order valence-electron chi connectivity index (χ0n) is 11.5. The molecule has 0 fully saturated rings. The number of carbonyl (C=O) groups excluding carboxylic acids is 1. The van der Waals surface area contributed by atoms with Crippen LogP contribution in [0.2, 0.25) is 0 Å². The van der Waals surface area contributed by atoms with Crippen molar-refractivity contribution in [1.29, 1.82) is 0 Å². The fraction of sp³-hybridized carbons (Fsp3) is 0.429. The van der Waals surface area contributed by atoms with E-state index in [1.54, 1.807) is 13.1 Å². The molecular weight excluding hydrogens is 246 g/mol. The Balaban J connectivity index is 2.39. The summed E-state index contributed by atoms with van der Waals surface area (Å²) in [4.78, 5) is 23.1. The standard InChI is InChI=1S/C14H17NO4/c1-14(2,12(16)18-4)8-9-5-6-11-10(7-9)15(3)13(17)19-11/h5-7H,8H2,1-4H3. The second-order valence-electron chi connectivity index (χ2n) is 5.28. The number of hydrogen-bond donors (Lipinski definition) is 0. The highest BCUT2D eigenvalue weighted by molar-refractivity contribution is 5.77. The van der Waals surface area contributed by atoms with Gasteiger partial charge in [0.25, 0.3) is 0 Å². The Morgan fingerprint density at radius 2 is 2.11 bits per heavy atom. The summed E-state index contributed by atoms with van der Waals surface area (Å²) >= 11 is 0. The number of oxazole rings is 1. The van der Waals surface area contributed by atoms with Gasteiger partial charge < -0.3 is 9.15 Å². The molecule has 2 rings (SSSR count). The summed E-state index contributed by atoms with van der Waals surface area (Å²) < 4.78 is 11.3. The van der Waals surface area contributed by atoms with Crippen LogP contribution in [0.3, 0.4) is 0 Å².